The Kier molecular flexibility index (Phi) is 4.73. The molecule has 1 fully saturated rings. The number of aromatic amines is 1. The monoisotopic (exact) mass is 421 g/mol. The molecule has 0 atom stereocenters. The van der Waals surface area contributed by atoms with Crippen molar-refractivity contribution in [2.75, 3.05) is 0 Å². The Bertz CT molecular complexity index is 1210. The largest absolute Gasteiger partial charge is 0.435 e. The molecule has 1 N–H and O–H groups in total. The van der Waals surface area contributed by atoms with Crippen molar-refractivity contribution in [3.05, 3.63) is 95.1 Å². The van der Waals surface area contributed by atoms with Crippen LogP contribution in [-0.2, 0) is 12.6 Å². The zero-order valence-electron chi connectivity index (χ0n) is 17.1. The summed E-state index contributed by atoms with van der Waals surface area (Å²) in [7, 11) is 0. The molecule has 0 amide bonds. The number of aromatic nitrogens is 3. The molecule has 0 spiro atoms. The first kappa shape index (κ1) is 19.7. The van der Waals surface area contributed by atoms with Gasteiger partial charge in [-0.05, 0) is 72.2 Å². The van der Waals surface area contributed by atoms with Gasteiger partial charge in [-0.2, -0.15) is 18.3 Å². The third-order valence-electron chi connectivity index (χ3n) is 5.79. The fourth-order valence-electron chi connectivity index (χ4n) is 4.06. The van der Waals surface area contributed by atoms with E-state index in [1.54, 1.807) is 6.92 Å². The van der Waals surface area contributed by atoms with E-state index in [2.05, 4.69) is 46.6 Å². The van der Waals surface area contributed by atoms with Crippen molar-refractivity contribution in [3.8, 4) is 16.8 Å². The van der Waals surface area contributed by atoms with Gasteiger partial charge in [-0.15, -0.1) is 0 Å². The lowest BCUT2D eigenvalue weighted by atomic mass is 9.98. The van der Waals surface area contributed by atoms with Crippen molar-refractivity contribution in [3.63, 3.8) is 0 Å². The van der Waals surface area contributed by atoms with E-state index in [-0.39, 0.29) is 0 Å². The zero-order chi connectivity index (χ0) is 21.6. The Hall–Kier alpha value is -3.28. The van der Waals surface area contributed by atoms with Gasteiger partial charge in [0.15, 0.2) is 5.69 Å². The number of H-pyrrole nitrogens is 1. The van der Waals surface area contributed by atoms with Gasteiger partial charge in [0, 0.05) is 24.0 Å². The smallest absolute Gasteiger partial charge is 0.364 e. The van der Waals surface area contributed by atoms with E-state index in [0.717, 1.165) is 23.7 Å². The van der Waals surface area contributed by atoms with Crippen LogP contribution in [0.2, 0.25) is 0 Å². The van der Waals surface area contributed by atoms with E-state index in [9.17, 15) is 13.2 Å². The van der Waals surface area contributed by atoms with Crippen LogP contribution in [0.5, 0.6) is 0 Å². The van der Waals surface area contributed by atoms with Crippen LogP contribution in [0.1, 0.15) is 47.0 Å². The molecule has 3 nitrogen and oxygen atoms in total. The molecule has 5 rings (SSSR count). The first-order chi connectivity index (χ1) is 14.9. The lowest BCUT2D eigenvalue weighted by Crippen LogP contribution is -2.07. The average Bonchev–Trinajstić information content (AvgIpc) is 3.36. The zero-order valence-corrected chi connectivity index (χ0v) is 17.1. The molecule has 2 aromatic carbocycles. The third kappa shape index (κ3) is 4.02. The van der Waals surface area contributed by atoms with Gasteiger partial charge in [0.25, 0.3) is 0 Å². The molecule has 1 aliphatic carbocycles. The highest BCUT2D eigenvalue weighted by molar-refractivity contribution is 5.69. The molecule has 1 aliphatic rings. The van der Waals surface area contributed by atoms with Gasteiger partial charge in [-0.3, -0.25) is 0 Å². The minimum absolute atomic E-state index is 0.448. The highest BCUT2D eigenvalue weighted by Gasteiger charge is 2.34. The summed E-state index contributed by atoms with van der Waals surface area (Å²) in [6.45, 7) is 1.62. The Morgan fingerprint density at radius 2 is 1.77 bits per heavy atom. The second-order valence-electron chi connectivity index (χ2n) is 8.20. The van der Waals surface area contributed by atoms with Gasteiger partial charge in [-0.1, -0.05) is 36.4 Å². The van der Waals surface area contributed by atoms with Gasteiger partial charge in [0.2, 0.25) is 0 Å². The summed E-state index contributed by atoms with van der Waals surface area (Å²) in [6, 6.07) is 19.3. The van der Waals surface area contributed by atoms with Crippen molar-refractivity contribution in [1.82, 2.24) is 14.8 Å². The lowest BCUT2D eigenvalue weighted by molar-refractivity contribution is -0.141. The molecular formula is C25H22F3N3. The van der Waals surface area contributed by atoms with Gasteiger partial charge >= 0.3 is 6.18 Å². The Morgan fingerprint density at radius 3 is 2.45 bits per heavy atom. The van der Waals surface area contributed by atoms with E-state index in [0.29, 0.717) is 17.3 Å². The summed E-state index contributed by atoms with van der Waals surface area (Å²) in [5, 5.41) is 3.71. The number of nitrogens with zero attached hydrogens (tertiary/aromatic N) is 2. The summed E-state index contributed by atoms with van der Waals surface area (Å²) in [4.78, 5) is 3.37. The van der Waals surface area contributed by atoms with Crippen molar-refractivity contribution in [2.24, 2.45) is 0 Å². The van der Waals surface area contributed by atoms with E-state index < -0.39 is 11.9 Å². The number of rotatable bonds is 5. The van der Waals surface area contributed by atoms with Crippen molar-refractivity contribution in [2.45, 2.75) is 38.3 Å². The number of benzene rings is 2. The minimum Gasteiger partial charge on any atom is -0.364 e. The second-order valence-corrected chi connectivity index (χ2v) is 8.20. The minimum atomic E-state index is -4.45. The number of alkyl halides is 3. The van der Waals surface area contributed by atoms with Gasteiger partial charge in [-0.25, -0.2) is 4.68 Å². The fraction of sp³-hybridized carbons (Fsp3) is 0.240. The highest BCUT2D eigenvalue weighted by atomic mass is 19.4. The van der Waals surface area contributed by atoms with Crippen LogP contribution in [0.4, 0.5) is 13.2 Å². The highest BCUT2D eigenvalue weighted by Crippen LogP contribution is 2.44. The topological polar surface area (TPSA) is 33.6 Å². The number of hydrogen-bond donors (Lipinski definition) is 1. The van der Waals surface area contributed by atoms with Crippen molar-refractivity contribution < 1.29 is 13.2 Å². The quantitative estimate of drug-likeness (QED) is 0.384. The second kappa shape index (κ2) is 7.45. The summed E-state index contributed by atoms with van der Waals surface area (Å²) in [5.74, 6) is 0.686. The van der Waals surface area contributed by atoms with Crippen LogP contribution >= 0.6 is 0 Å². The molecule has 4 aromatic rings. The standard InChI is InChI=1S/C25H22F3N3/c1-16-12-24(25(26,27)28)30-31(16)21-10-6-17(7-11-21)13-20-14-19(15-29-20)23-5-3-2-4-22(23)18-8-9-18/h2-7,10-12,14-15,18,29H,8-9,13H2,1H3. The van der Waals surface area contributed by atoms with Crippen molar-refractivity contribution in [1.29, 1.82) is 0 Å². The Morgan fingerprint density at radius 1 is 1.03 bits per heavy atom. The van der Waals surface area contributed by atoms with Crippen LogP contribution < -0.4 is 0 Å². The molecule has 0 saturated heterocycles. The summed E-state index contributed by atoms with van der Waals surface area (Å²) in [5.41, 5.74) is 6.27. The molecule has 2 heterocycles. The molecule has 31 heavy (non-hydrogen) atoms. The molecule has 2 aromatic heterocycles. The van der Waals surface area contributed by atoms with Crippen LogP contribution in [0, 0.1) is 6.92 Å². The lowest BCUT2D eigenvalue weighted by Gasteiger charge is -2.07. The summed E-state index contributed by atoms with van der Waals surface area (Å²) < 4.78 is 40.1. The SMILES string of the molecule is Cc1cc(C(F)(F)F)nn1-c1ccc(Cc2cc(-c3ccccc3C3CC3)c[nH]2)cc1. The van der Waals surface area contributed by atoms with E-state index in [1.165, 1.54) is 34.2 Å². The van der Waals surface area contributed by atoms with Crippen LogP contribution in [0.25, 0.3) is 16.8 Å². The van der Waals surface area contributed by atoms with E-state index >= 15 is 0 Å². The third-order valence-corrected chi connectivity index (χ3v) is 5.79. The normalized spacial score (nSPS) is 14.2. The average molecular weight is 421 g/mol. The first-order valence-corrected chi connectivity index (χ1v) is 10.4. The number of halogens is 3. The van der Waals surface area contributed by atoms with E-state index in [1.807, 2.05) is 24.3 Å². The van der Waals surface area contributed by atoms with Gasteiger partial charge in [0.1, 0.15) is 0 Å². The maximum absolute atomic E-state index is 12.9. The predicted octanol–water partition coefficient (Wildman–Crippen LogP) is 6.66. The summed E-state index contributed by atoms with van der Waals surface area (Å²) in [6.07, 6.45) is 0.857. The predicted molar refractivity (Wildman–Crippen MR) is 114 cm³/mol. The molecule has 158 valence electrons. The molecule has 1 saturated carbocycles. The molecular weight excluding hydrogens is 399 g/mol. The van der Waals surface area contributed by atoms with Gasteiger partial charge in [0.05, 0.1) is 5.69 Å². The van der Waals surface area contributed by atoms with Crippen LogP contribution in [-0.4, -0.2) is 14.8 Å². The van der Waals surface area contributed by atoms with Gasteiger partial charge < -0.3 is 4.98 Å². The number of nitrogens with one attached hydrogen (secondary N) is 1. The summed E-state index contributed by atoms with van der Waals surface area (Å²) >= 11 is 0. The Labute approximate surface area is 178 Å². The van der Waals surface area contributed by atoms with Crippen LogP contribution in [0.15, 0.2) is 66.9 Å². The number of aryl methyl sites for hydroxylation is 1. The first-order valence-electron chi connectivity index (χ1n) is 10.4. The maximum atomic E-state index is 12.9. The van der Waals surface area contributed by atoms with Crippen molar-refractivity contribution >= 4 is 0 Å². The van der Waals surface area contributed by atoms with E-state index in [4.69, 9.17) is 0 Å². The molecule has 0 radical (unpaired) electrons. The molecule has 0 bridgehead atoms. The molecule has 0 unspecified atom stereocenters. The van der Waals surface area contributed by atoms with Crippen LogP contribution in [0.3, 0.4) is 0 Å². The number of hydrogen-bond acceptors (Lipinski definition) is 1. The maximum Gasteiger partial charge on any atom is 0.435 e. The molecule has 0 aliphatic heterocycles. The fourth-order valence-corrected chi connectivity index (χ4v) is 4.06. The molecule has 6 heteroatoms. The Balaban J connectivity index is 1.34.